The Bertz CT molecular complexity index is 771. The number of hydrogen-bond donors (Lipinski definition) is 1. The highest BCUT2D eigenvalue weighted by atomic mass is 127. The Morgan fingerprint density at radius 1 is 1.18 bits per heavy atom. The lowest BCUT2D eigenvalue weighted by Gasteiger charge is -2.08. The van der Waals surface area contributed by atoms with Gasteiger partial charge in [-0.1, -0.05) is 24.3 Å². The zero-order valence-corrected chi connectivity index (χ0v) is 14.5. The van der Waals surface area contributed by atoms with Crippen molar-refractivity contribution in [3.8, 4) is 6.07 Å². The summed E-state index contributed by atoms with van der Waals surface area (Å²) < 4.78 is 1.10. The van der Waals surface area contributed by atoms with E-state index in [-0.39, 0.29) is 5.57 Å². The number of hydrogen-bond acceptors (Lipinski definition) is 2. The van der Waals surface area contributed by atoms with Gasteiger partial charge in [0.15, 0.2) is 0 Å². The minimum absolute atomic E-state index is 0.0853. The van der Waals surface area contributed by atoms with Gasteiger partial charge in [-0.2, -0.15) is 5.26 Å². The number of halogens is 1. The second-order valence-corrected chi connectivity index (χ2v) is 6.24. The molecule has 0 unspecified atom stereocenters. The Labute approximate surface area is 143 Å². The van der Waals surface area contributed by atoms with Crippen LogP contribution < -0.4 is 5.32 Å². The van der Waals surface area contributed by atoms with E-state index < -0.39 is 5.91 Å². The number of rotatable bonds is 3. The van der Waals surface area contributed by atoms with E-state index in [9.17, 15) is 10.1 Å². The Kier molecular flexibility index (Phi) is 5.34. The summed E-state index contributed by atoms with van der Waals surface area (Å²) >= 11 is 2.21. The van der Waals surface area contributed by atoms with Crippen LogP contribution in [0.25, 0.3) is 6.08 Å². The average molecular weight is 402 g/mol. The van der Waals surface area contributed by atoms with Gasteiger partial charge in [0.25, 0.3) is 5.91 Å². The first-order valence-electron chi connectivity index (χ1n) is 6.75. The van der Waals surface area contributed by atoms with Crippen molar-refractivity contribution in [3.63, 3.8) is 0 Å². The molecule has 0 saturated heterocycles. The zero-order chi connectivity index (χ0) is 16.1. The van der Waals surface area contributed by atoms with Crippen molar-refractivity contribution in [2.24, 2.45) is 0 Å². The highest BCUT2D eigenvalue weighted by Gasteiger charge is 2.11. The van der Waals surface area contributed by atoms with Crippen LogP contribution in [0.4, 0.5) is 5.69 Å². The molecule has 0 atom stereocenters. The first-order chi connectivity index (χ1) is 10.5. The molecule has 0 heterocycles. The van der Waals surface area contributed by atoms with Gasteiger partial charge in [0, 0.05) is 9.26 Å². The number of nitriles is 1. The molecule has 1 amide bonds. The molecule has 0 spiro atoms. The van der Waals surface area contributed by atoms with E-state index in [2.05, 4.69) is 27.9 Å². The average Bonchev–Trinajstić information content (AvgIpc) is 2.50. The highest BCUT2D eigenvalue weighted by Crippen LogP contribution is 2.18. The fraction of sp³-hybridized carbons (Fsp3) is 0.111. The predicted octanol–water partition coefficient (Wildman–Crippen LogP) is 4.45. The molecule has 4 heteroatoms. The maximum atomic E-state index is 12.3. The summed E-state index contributed by atoms with van der Waals surface area (Å²) in [5.74, 6) is -0.394. The number of aryl methyl sites for hydroxylation is 2. The minimum atomic E-state index is -0.394. The Balaban J connectivity index is 2.24. The summed E-state index contributed by atoms with van der Waals surface area (Å²) in [7, 11) is 0. The third-order valence-electron chi connectivity index (χ3n) is 3.19. The van der Waals surface area contributed by atoms with Crippen molar-refractivity contribution in [2.75, 3.05) is 5.32 Å². The monoisotopic (exact) mass is 402 g/mol. The van der Waals surface area contributed by atoms with Crippen molar-refractivity contribution >= 4 is 40.3 Å². The molecule has 2 aromatic carbocycles. The van der Waals surface area contributed by atoms with E-state index in [0.717, 1.165) is 25.9 Å². The molecule has 22 heavy (non-hydrogen) atoms. The number of carbonyl (C=O) groups is 1. The van der Waals surface area contributed by atoms with Gasteiger partial charge in [-0.05, 0) is 77.4 Å². The Morgan fingerprint density at radius 3 is 2.50 bits per heavy atom. The molecule has 0 fully saturated rings. The van der Waals surface area contributed by atoms with Crippen LogP contribution in [0.2, 0.25) is 0 Å². The molecular formula is C18H15IN2O. The number of nitrogens with zero attached hydrogens (tertiary/aromatic N) is 1. The summed E-state index contributed by atoms with van der Waals surface area (Å²) in [6.45, 7) is 3.88. The first-order valence-corrected chi connectivity index (χ1v) is 7.83. The van der Waals surface area contributed by atoms with Crippen LogP contribution in [0.3, 0.4) is 0 Å². The predicted molar refractivity (Wildman–Crippen MR) is 97.3 cm³/mol. The van der Waals surface area contributed by atoms with Gasteiger partial charge in [0.1, 0.15) is 11.6 Å². The van der Waals surface area contributed by atoms with Gasteiger partial charge < -0.3 is 5.32 Å². The molecule has 0 radical (unpaired) electrons. The van der Waals surface area contributed by atoms with Gasteiger partial charge in [-0.15, -0.1) is 0 Å². The Morgan fingerprint density at radius 2 is 1.86 bits per heavy atom. The largest absolute Gasteiger partial charge is 0.321 e. The number of carbonyl (C=O) groups excluding carboxylic acids is 1. The van der Waals surface area contributed by atoms with Gasteiger partial charge in [-0.3, -0.25) is 4.79 Å². The molecule has 1 N–H and O–H groups in total. The number of anilines is 1. The topological polar surface area (TPSA) is 52.9 Å². The lowest BCUT2D eigenvalue weighted by molar-refractivity contribution is -0.112. The molecule has 0 bridgehead atoms. The fourth-order valence-corrected chi connectivity index (χ4v) is 2.29. The lowest BCUT2D eigenvalue weighted by Crippen LogP contribution is -2.14. The van der Waals surface area contributed by atoms with Gasteiger partial charge in [0.05, 0.1) is 0 Å². The highest BCUT2D eigenvalue weighted by molar-refractivity contribution is 14.1. The molecule has 3 nitrogen and oxygen atoms in total. The van der Waals surface area contributed by atoms with Crippen LogP contribution in [0, 0.1) is 28.7 Å². The zero-order valence-electron chi connectivity index (χ0n) is 12.4. The summed E-state index contributed by atoms with van der Waals surface area (Å²) in [6, 6.07) is 15.4. The summed E-state index contributed by atoms with van der Waals surface area (Å²) in [5.41, 5.74) is 3.66. The van der Waals surface area contributed by atoms with E-state index in [4.69, 9.17) is 0 Å². The summed E-state index contributed by atoms with van der Waals surface area (Å²) in [5, 5.41) is 12.0. The summed E-state index contributed by atoms with van der Waals surface area (Å²) in [4.78, 5) is 12.3. The lowest BCUT2D eigenvalue weighted by atomic mass is 10.1. The quantitative estimate of drug-likeness (QED) is 0.469. The van der Waals surface area contributed by atoms with Crippen LogP contribution in [-0.2, 0) is 4.79 Å². The molecule has 0 aliphatic rings. The summed E-state index contributed by atoms with van der Waals surface area (Å²) in [6.07, 6.45) is 1.59. The molecule has 2 rings (SSSR count). The van der Waals surface area contributed by atoms with Crippen molar-refractivity contribution in [3.05, 3.63) is 68.3 Å². The van der Waals surface area contributed by atoms with Gasteiger partial charge in [-0.25, -0.2) is 0 Å². The molecule has 110 valence electrons. The molecule has 0 aromatic heterocycles. The fourth-order valence-electron chi connectivity index (χ4n) is 1.93. The van der Waals surface area contributed by atoms with Gasteiger partial charge in [0.2, 0.25) is 0 Å². The van der Waals surface area contributed by atoms with Crippen molar-refractivity contribution < 1.29 is 4.79 Å². The Hall–Kier alpha value is -2.13. The van der Waals surface area contributed by atoms with Crippen LogP contribution in [0.1, 0.15) is 16.7 Å². The van der Waals surface area contributed by atoms with Crippen molar-refractivity contribution in [1.29, 1.82) is 5.26 Å². The first kappa shape index (κ1) is 16.2. The molecule has 0 saturated carbocycles. The normalized spacial score (nSPS) is 10.9. The van der Waals surface area contributed by atoms with Crippen molar-refractivity contribution in [1.82, 2.24) is 0 Å². The second-order valence-electron chi connectivity index (χ2n) is 4.99. The van der Waals surface area contributed by atoms with E-state index in [1.54, 1.807) is 6.08 Å². The third-order valence-corrected chi connectivity index (χ3v) is 3.91. The molecule has 2 aromatic rings. The van der Waals surface area contributed by atoms with E-state index in [1.165, 1.54) is 0 Å². The molecular weight excluding hydrogens is 387 g/mol. The SMILES string of the molecule is Cc1ccc(C)c(NC(=O)/C(C#N)=C/c2ccc(I)cc2)c1. The standard InChI is InChI=1S/C18H15IN2O/c1-12-3-4-13(2)17(9-12)21-18(22)15(11-20)10-14-5-7-16(19)8-6-14/h3-10H,1-2H3,(H,21,22)/b15-10+. The smallest absolute Gasteiger partial charge is 0.266 e. The number of amides is 1. The van der Waals surface area contributed by atoms with Crippen molar-refractivity contribution in [2.45, 2.75) is 13.8 Å². The van der Waals surface area contributed by atoms with Crippen LogP contribution >= 0.6 is 22.6 Å². The van der Waals surface area contributed by atoms with E-state index in [0.29, 0.717) is 0 Å². The van der Waals surface area contributed by atoms with Crippen LogP contribution in [0.15, 0.2) is 48.0 Å². The van der Waals surface area contributed by atoms with E-state index in [1.807, 2.05) is 62.4 Å². The van der Waals surface area contributed by atoms with Crippen LogP contribution in [0.5, 0.6) is 0 Å². The second kappa shape index (κ2) is 7.23. The van der Waals surface area contributed by atoms with Crippen LogP contribution in [-0.4, -0.2) is 5.91 Å². The minimum Gasteiger partial charge on any atom is -0.321 e. The van der Waals surface area contributed by atoms with Gasteiger partial charge >= 0.3 is 0 Å². The maximum absolute atomic E-state index is 12.3. The van der Waals surface area contributed by atoms with E-state index >= 15 is 0 Å². The number of benzene rings is 2. The number of nitrogens with one attached hydrogen (secondary N) is 1. The molecule has 0 aliphatic carbocycles. The third kappa shape index (κ3) is 4.18. The maximum Gasteiger partial charge on any atom is 0.266 e. The molecule has 0 aliphatic heterocycles.